The van der Waals surface area contributed by atoms with Crippen LogP contribution in [0.2, 0.25) is 0 Å². The number of benzene rings is 1. The molecule has 1 heterocycles. The van der Waals surface area contributed by atoms with Gasteiger partial charge in [0.1, 0.15) is 5.75 Å². The fraction of sp³-hybridized carbons (Fsp3) is 0.611. The lowest BCUT2D eigenvalue weighted by molar-refractivity contribution is -0.138. The van der Waals surface area contributed by atoms with E-state index < -0.39 is 15.9 Å². The summed E-state index contributed by atoms with van der Waals surface area (Å²) in [5.41, 5.74) is 0.434. The number of piperidine rings is 1. The summed E-state index contributed by atoms with van der Waals surface area (Å²) < 4.78 is 32.5. The van der Waals surface area contributed by atoms with Crippen molar-refractivity contribution in [1.29, 1.82) is 0 Å². The fourth-order valence-electron chi connectivity index (χ4n) is 3.31. The number of likely N-dealkylation sites (tertiary alicyclic amines) is 1. The van der Waals surface area contributed by atoms with E-state index in [0.717, 1.165) is 32.2 Å². The summed E-state index contributed by atoms with van der Waals surface area (Å²) in [6.45, 7) is 4.49. The largest absolute Gasteiger partial charge is 0.497 e. The molecule has 0 saturated carbocycles. The highest BCUT2D eigenvalue weighted by Gasteiger charge is 2.31. The van der Waals surface area contributed by atoms with E-state index in [2.05, 4.69) is 11.6 Å². The van der Waals surface area contributed by atoms with Gasteiger partial charge in [-0.05, 0) is 37.8 Å². The second-order valence-corrected chi connectivity index (χ2v) is 8.37. The number of amides is 1. The molecule has 1 amide bonds. The van der Waals surface area contributed by atoms with E-state index in [9.17, 15) is 13.2 Å². The molecule has 0 aliphatic carbocycles. The van der Waals surface area contributed by atoms with Gasteiger partial charge >= 0.3 is 0 Å². The molecule has 0 aromatic heterocycles. The predicted molar refractivity (Wildman–Crippen MR) is 99.2 cm³/mol. The maximum atomic E-state index is 12.7. The highest BCUT2D eigenvalue weighted by Crippen LogP contribution is 2.23. The van der Waals surface area contributed by atoms with Crippen LogP contribution >= 0.6 is 0 Å². The maximum absolute atomic E-state index is 12.7. The highest BCUT2D eigenvalue weighted by atomic mass is 32.2. The molecular formula is C18H28N2O4S. The van der Waals surface area contributed by atoms with Crippen LogP contribution in [0.25, 0.3) is 0 Å². The lowest BCUT2D eigenvalue weighted by Gasteiger charge is -2.36. The molecule has 25 heavy (non-hydrogen) atoms. The van der Waals surface area contributed by atoms with Gasteiger partial charge < -0.3 is 9.64 Å². The van der Waals surface area contributed by atoms with Crippen molar-refractivity contribution < 1.29 is 17.9 Å². The van der Waals surface area contributed by atoms with Gasteiger partial charge in [0.05, 0.1) is 24.5 Å². The number of carbonyl (C=O) groups is 1. The third-order valence-corrected chi connectivity index (χ3v) is 6.10. The van der Waals surface area contributed by atoms with Crippen LogP contribution in [0.1, 0.15) is 39.5 Å². The zero-order chi connectivity index (χ0) is 18.4. The van der Waals surface area contributed by atoms with Gasteiger partial charge in [0.15, 0.2) is 0 Å². The molecule has 7 heteroatoms. The topological polar surface area (TPSA) is 75.7 Å². The molecule has 140 valence electrons. The molecule has 1 N–H and O–H groups in total. The number of sulfonamides is 1. The van der Waals surface area contributed by atoms with Crippen molar-refractivity contribution in [3.63, 3.8) is 0 Å². The Balaban J connectivity index is 2.02. The van der Waals surface area contributed by atoms with Gasteiger partial charge in [0, 0.05) is 18.7 Å². The second-order valence-electron chi connectivity index (χ2n) is 6.61. The van der Waals surface area contributed by atoms with Crippen LogP contribution in [0.5, 0.6) is 5.75 Å². The number of nitrogens with one attached hydrogen (secondary N) is 1. The van der Waals surface area contributed by atoms with Crippen molar-refractivity contribution in [3.05, 3.63) is 24.3 Å². The average molecular weight is 368 g/mol. The summed E-state index contributed by atoms with van der Waals surface area (Å²) in [5, 5.41) is 0. The Kier molecular flexibility index (Phi) is 6.70. The minimum atomic E-state index is -3.62. The molecule has 1 fully saturated rings. The van der Waals surface area contributed by atoms with Crippen molar-refractivity contribution in [1.82, 2.24) is 4.90 Å². The number of methoxy groups -OCH3 is 1. The van der Waals surface area contributed by atoms with E-state index in [1.54, 1.807) is 31.2 Å². The molecule has 1 aromatic rings. The van der Waals surface area contributed by atoms with Crippen molar-refractivity contribution in [2.24, 2.45) is 5.92 Å². The SMILES string of the molecule is CCC1CCCCN1C(=O)C(C)CS(=O)(=O)Nc1cccc(OC)c1. The molecule has 1 aliphatic heterocycles. The van der Waals surface area contributed by atoms with Crippen LogP contribution in [-0.4, -0.2) is 44.7 Å². The molecule has 0 bridgehead atoms. The van der Waals surface area contributed by atoms with Crippen LogP contribution in [0.15, 0.2) is 24.3 Å². The number of nitrogens with zero attached hydrogens (tertiary/aromatic N) is 1. The summed E-state index contributed by atoms with van der Waals surface area (Å²) in [6.07, 6.45) is 4.03. The molecule has 1 saturated heterocycles. The number of hydrogen-bond acceptors (Lipinski definition) is 4. The minimum Gasteiger partial charge on any atom is -0.497 e. The Labute approximate surface area is 150 Å². The number of rotatable bonds is 7. The number of anilines is 1. The standard InChI is InChI=1S/C18H28N2O4S/c1-4-16-9-5-6-11-20(16)18(21)14(2)13-25(22,23)19-15-8-7-10-17(12-15)24-3/h7-8,10,12,14,16,19H,4-6,9,11,13H2,1-3H3. The molecule has 1 aromatic carbocycles. The first-order chi connectivity index (χ1) is 11.9. The monoisotopic (exact) mass is 368 g/mol. The summed E-state index contributed by atoms with van der Waals surface area (Å²) in [5.74, 6) is -0.294. The molecule has 0 spiro atoms. The first-order valence-electron chi connectivity index (χ1n) is 8.81. The zero-order valence-corrected chi connectivity index (χ0v) is 16.0. The molecule has 2 rings (SSSR count). The van der Waals surface area contributed by atoms with Crippen LogP contribution < -0.4 is 9.46 Å². The predicted octanol–water partition coefficient (Wildman–Crippen LogP) is 2.86. The summed E-state index contributed by atoms with van der Waals surface area (Å²) in [4.78, 5) is 14.6. The van der Waals surface area contributed by atoms with E-state index in [-0.39, 0.29) is 17.7 Å². The van der Waals surface area contributed by atoms with Gasteiger partial charge in [-0.15, -0.1) is 0 Å². The van der Waals surface area contributed by atoms with E-state index in [0.29, 0.717) is 11.4 Å². The van der Waals surface area contributed by atoms with Crippen LogP contribution in [0.3, 0.4) is 0 Å². The molecule has 1 aliphatic rings. The van der Waals surface area contributed by atoms with Gasteiger partial charge in [-0.1, -0.05) is 19.9 Å². The van der Waals surface area contributed by atoms with Crippen LogP contribution in [0.4, 0.5) is 5.69 Å². The average Bonchev–Trinajstić information content (AvgIpc) is 2.60. The first-order valence-corrected chi connectivity index (χ1v) is 10.5. The van der Waals surface area contributed by atoms with Crippen molar-refractivity contribution in [2.75, 3.05) is 24.1 Å². The third kappa shape index (κ3) is 5.36. The molecule has 2 unspecified atom stereocenters. The van der Waals surface area contributed by atoms with Crippen molar-refractivity contribution in [3.8, 4) is 5.75 Å². The zero-order valence-electron chi connectivity index (χ0n) is 15.2. The van der Waals surface area contributed by atoms with E-state index in [1.165, 1.54) is 7.11 Å². The Morgan fingerprint density at radius 2 is 2.16 bits per heavy atom. The third-order valence-electron chi connectivity index (χ3n) is 4.62. The molecular weight excluding hydrogens is 340 g/mol. The molecule has 0 radical (unpaired) electrons. The lowest BCUT2D eigenvalue weighted by atomic mass is 9.98. The highest BCUT2D eigenvalue weighted by molar-refractivity contribution is 7.92. The van der Waals surface area contributed by atoms with Gasteiger partial charge in [-0.3, -0.25) is 9.52 Å². The summed E-state index contributed by atoms with van der Waals surface area (Å²) in [6, 6.07) is 6.96. The lowest BCUT2D eigenvalue weighted by Crippen LogP contribution is -2.47. The van der Waals surface area contributed by atoms with Gasteiger partial charge in [0.25, 0.3) is 0 Å². The molecule has 6 nitrogen and oxygen atoms in total. The second kappa shape index (κ2) is 8.56. The minimum absolute atomic E-state index is 0.0671. The van der Waals surface area contributed by atoms with E-state index >= 15 is 0 Å². The quantitative estimate of drug-likeness (QED) is 0.803. The van der Waals surface area contributed by atoms with E-state index in [4.69, 9.17) is 4.74 Å². The number of hydrogen-bond donors (Lipinski definition) is 1. The number of ether oxygens (including phenoxy) is 1. The Hall–Kier alpha value is -1.76. The van der Waals surface area contributed by atoms with Crippen LogP contribution in [0, 0.1) is 5.92 Å². The summed E-state index contributed by atoms with van der Waals surface area (Å²) in [7, 11) is -2.09. The first kappa shape index (κ1) is 19.6. The Morgan fingerprint density at radius 1 is 1.40 bits per heavy atom. The summed E-state index contributed by atoms with van der Waals surface area (Å²) >= 11 is 0. The van der Waals surface area contributed by atoms with Crippen molar-refractivity contribution in [2.45, 2.75) is 45.6 Å². The normalized spacial score (nSPS) is 19.3. The smallest absolute Gasteiger partial charge is 0.233 e. The van der Waals surface area contributed by atoms with Crippen LogP contribution in [-0.2, 0) is 14.8 Å². The van der Waals surface area contributed by atoms with E-state index in [1.807, 2.05) is 4.90 Å². The molecule has 2 atom stereocenters. The number of carbonyl (C=O) groups excluding carboxylic acids is 1. The van der Waals surface area contributed by atoms with Gasteiger partial charge in [0.2, 0.25) is 15.9 Å². The van der Waals surface area contributed by atoms with Gasteiger partial charge in [-0.2, -0.15) is 0 Å². The maximum Gasteiger partial charge on any atom is 0.233 e. The Bertz CT molecular complexity index is 690. The van der Waals surface area contributed by atoms with Gasteiger partial charge in [-0.25, -0.2) is 8.42 Å². The Morgan fingerprint density at radius 3 is 2.84 bits per heavy atom. The fourth-order valence-corrected chi connectivity index (χ4v) is 4.68. The van der Waals surface area contributed by atoms with Crippen molar-refractivity contribution >= 4 is 21.6 Å².